The van der Waals surface area contributed by atoms with Gasteiger partial charge in [-0.3, -0.25) is 9.69 Å². The van der Waals surface area contributed by atoms with Gasteiger partial charge in [0.25, 0.3) is 0 Å². The number of carboxylic acids is 1. The highest BCUT2D eigenvalue weighted by molar-refractivity contribution is 5.67. The van der Waals surface area contributed by atoms with E-state index in [9.17, 15) is 9.18 Å². The van der Waals surface area contributed by atoms with E-state index in [-0.39, 0.29) is 24.2 Å². The molecule has 1 aliphatic heterocycles. The van der Waals surface area contributed by atoms with Crippen LogP contribution in [0.15, 0.2) is 24.3 Å². The zero-order chi connectivity index (χ0) is 13.8. The summed E-state index contributed by atoms with van der Waals surface area (Å²) in [6.45, 7) is 3.69. The summed E-state index contributed by atoms with van der Waals surface area (Å²) >= 11 is 0. The number of hydrogen-bond donors (Lipinski definition) is 1. The van der Waals surface area contributed by atoms with Gasteiger partial charge in [-0.25, -0.2) is 4.39 Å². The maximum absolute atomic E-state index is 13.7. The van der Waals surface area contributed by atoms with Crippen molar-refractivity contribution in [1.82, 2.24) is 4.90 Å². The Labute approximate surface area is 113 Å². The van der Waals surface area contributed by atoms with Gasteiger partial charge in [-0.1, -0.05) is 18.2 Å². The Morgan fingerprint density at radius 2 is 2.05 bits per heavy atom. The molecule has 1 aliphatic rings. The molecule has 0 saturated carbocycles. The van der Waals surface area contributed by atoms with Crippen LogP contribution in [0.2, 0.25) is 0 Å². The van der Waals surface area contributed by atoms with Crippen LogP contribution in [0.4, 0.5) is 4.39 Å². The van der Waals surface area contributed by atoms with Crippen molar-refractivity contribution in [2.24, 2.45) is 5.92 Å². The van der Waals surface area contributed by atoms with Crippen molar-refractivity contribution in [2.45, 2.75) is 32.2 Å². The van der Waals surface area contributed by atoms with E-state index in [2.05, 4.69) is 4.90 Å². The van der Waals surface area contributed by atoms with Crippen molar-refractivity contribution in [2.75, 3.05) is 13.1 Å². The summed E-state index contributed by atoms with van der Waals surface area (Å²) in [6, 6.07) is 6.91. The number of benzene rings is 1. The Morgan fingerprint density at radius 1 is 1.42 bits per heavy atom. The summed E-state index contributed by atoms with van der Waals surface area (Å²) in [7, 11) is 0. The molecule has 0 radical (unpaired) electrons. The first-order chi connectivity index (χ1) is 9.08. The fraction of sp³-hybridized carbons (Fsp3) is 0.533. The molecule has 3 nitrogen and oxygen atoms in total. The minimum atomic E-state index is -0.722. The normalized spacial score (nSPS) is 19.3. The number of halogens is 1. The Kier molecular flexibility index (Phi) is 4.53. The minimum absolute atomic E-state index is 0.0481. The molecule has 0 amide bonds. The van der Waals surface area contributed by atoms with Gasteiger partial charge in [0.15, 0.2) is 0 Å². The van der Waals surface area contributed by atoms with E-state index in [0.29, 0.717) is 0 Å². The fourth-order valence-electron chi connectivity index (χ4n) is 2.80. The van der Waals surface area contributed by atoms with Gasteiger partial charge in [0.1, 0.15) is 5.82 Å². The zero-order valence-electron chi connectivity index (χ0n) is 11.2. The summed E-state index contributed by atoms with van der Waals surface area (Å²) in [4.78, 5) is 12.9. The monoisotopic (exact) mass is 265 g/mol. The highest BCUT2D eigenvalue weighted by atomic mass is 19.1. The van der Waals surface area contributed by atoms with E-state index in [4.69, 9.17) is 5.11 Å². The van der Waals surface area contributed by atoms with Crippen LogP contribution in [0.5, 0.6) is 0 Å². The van der Waals surface area contributed by atoms with Crippen molar-refractivity contribution in [1.29, 1.82) is 0 Å². The van der Waals surface area contributed by atoms with Crippen molar-refractivity contribution in [3.8, 4) is 0 Å². The lowest BCUT2D eigenvalue weighted by molar-refractivity contribution is -0.138. The lowest BCUT2D eigenvalue weighted by Gasteiger charge is -2.35. The molecular formula is C15H20FNO2. The Morgan fingerprint density at radius 3 is 2.63 bits per heavy atom. The molecule has 4 heteroatoms. The quantitative estimate of drug-likeness (QED) is 0.909. The van der Waals surface area contributed by atoms with E-state index in [1.807, 2.05) is 19.1 Å². The molecule has 0 spiro atoms. The number of nitrogens with zero attached hydrogens (tertiary/aromatic N) is 1. The topological polar surface area (TPSA) is 40.5 Å². The Hall–Kier alpha value is -1.42. The third-order valence-corrected chi connectivity index (χ3v) is 4.02. The van der Waals surface area contributed by atoms with Crippen molar-refractivity contribution < 1.29 is 14.3 Å². The summed E-state index contributed by atoms with van der Waals surface area (Å²) < 4.78 is 13.7. The number of hydrogen-bond acceptors (Lipinski definition) is 2. The van der Waals surface area contributed by atoms with Crippen LogP contribution in [-0.2, 0) is 4.79 Å². The van der Waals surface area contributed by atoms with E-state index in [0.717, 1.165) is 31.5 Å². The highest BCUT2D eigenvalue weighted by Gasteiger charge is 2.25. The molecule has 19 heavy (non-hydrogen) atoms. The number of piperidine rings is 1. The molecule has 1 atom stereocenters. The lowest BCUT2D eigenvalue weighted by Crippen LogP contribution is -2.36. The van der Waals surface area contributed by atoms with E-state index >= 15 is 0 Å². The predicted molar refractivity (Wildman–Crippen MR) is 71.4 cm³/mol. The average Bonchev–Trinajstić information content (AvgIpc) is 2.39. The van der Waals surface area contributed by atoms with Crippen LogP contribution in [0.25, 0.3) is 0 Å². The lowest BCUT2D eigenvalue weighted by atomic mass is 9.92. The number of likely N-dealkylation sites (tertiary alicyclic amines) is 1. The summed E-state index contributed by atoms with van der Waals surface area (Å²) in [5.74, 6) is -0.621. The molecule has 1 unspecified atom stereocenters. The fourth-order valence-corrected chi connectivity index (χ4v) is 2.80. The molecule has 1 saturated heterocycles. The van der Waals surface area contributed by atoms with Crippen LogP contribution in [-0.4, -0.2) is 29.1 Å². The second kappa shape index (κ2) is 6.15. The maximum Gasteiger partial charge on any atom is 0.303 e. The molecular weight excluding hydrogens is 245 g/mol. The van der Waals surface area contributed by atoms with Crippen LogP contribution in [0.3, 0.4) is 0 Å². The second-order valence-electron chi connectivity index (χ2n) is 5.27. The van der Waals surface area contributed by atoms with Crippen molar-refractivity contribution in [3.63, 3.8) is 0 Å². The summed E-state index contributed by atoms with van der Waals surface area (Å²) in [5, 5.41) is 8.79. The van der Waals surface area contributed by atoms with Gasteiger partial charge in [-0.05, 0) is 44.8 Å². The van der Waals surface area contributed by atoms with E-state index in [1.165, 1.54) is 6.07 Å². The van der Waals surface area contributed by atoms with Gasteiger partial charge in [0.05, 0.1) is 0 Å². The molecule has 0 bridgehead atoms. The third-order valence-electron chi connectivity index (χ3n) is 4.02. The Balaban J connectivity index is 1.94. The number of aliphatic carboxylic acids is 1. The first-order valence-electron chi connectivity index (χ1n) is 6.78. The highest BCUT2D eigenvalue weighted by Crippen LogP contribution is 2.29. The number of carbonyl (C=O) groups is 1. The molecule has 1 aromatic rings. The van der Waals surface area contributed by atoms with Crippen molar-refractivity contribution >= 4 is 5.97 Å². The summed E-state index contributed by atoms with van der Waals surface area (Å²) in [6.07, 6.45) is 2.01. The minimum Gasteiger partial charge on any atom is -0.481 e. The number of carboxylic acid groups (broad SMARTS) is 1. The van der Waals surface area contributed by atoms with Crippen LogP contribution >= 0.6 is 0 Å². The largest absolute Gasteiger partial charge is 0.481 e. The standard InChI is InChI=1S/C15H20FNO2/c1-11(13-4-2-3-5-14(13)16)17-8-6-12(7-9-17)10-15(18)19/h2-5,11-12H,6-10H2,1H3,(H,18,19). The predicted octanol–water partition coefficient (Wildman–Crippen LogP) is 3.07. The molecule has 1 N–H and O–H groups in total. The van der Waals surface area contributed by atoms with Gasteiger partial charge in [0, 0.05) is 18.0 Å². The smallest absolute Gasteiger partial charge is 0.303 e. The van der Waals surface area contributed by atoms with Gasteiger partial charge in [-0.15, -0.1) is 0 Å². The van der Waals surface area contributed by atoms with E-state index in [1.54, 1.807) is 6.07 Å². The van der Waals surface area contributed by atoms with Gasteiger partial charge in [0.2, 0.25) is 0 Å². The molecule has 0 aliphatic carbocycles. The van der Waals surface area contributed by atoms with Crippen LogP contribution in [0.1, 0.15) is 37.8 Å². The van der Waals surface area contributed by atoms with Gasteiger partial charge in [-0.2, -0.15) is 0 Å². The molecule has 2 rings (SSSR count). The third kappa shape index (κ3) is 3.53. The van der Waals surface area contributed by atoms with Crippen molar-refractivity contribution in [3.05, 3.63) is 35.6 Å². The van der Waals surface area contributed by atoms with Crippen LogP contribution in [0, 0.1) is 11.7 Å². The molecule has 104 valence electrons. The first-order valence-corrected chi connectivity index (χ1v) is 6.78. The zero-order valence-corrected chi connectivity index (χ0v) is 11.2. The van der Waals surface area contributed by atoms with Crippen LogP contribution < -0.4 is 0 Å². The Bertz CT molecular complexity index is 442. The first kappa shape index (κ1) is 14.0. The molecule has 1 aromatic carbocycles. The number of rotatable bonds is 4. The molecule has 1 heterocycles. The summed E-state index contributed by atoms with van der Waals surface area (Å²) in [5.41, 5.74) is 0.721. The SMILES string of the molecule is CC(c1ccccc1F)N1CCC(CC(=O)O)CC1. The van der Waals surface area contributed by atoms with E-state index < -0.39 is 5.97 Å². The second-order valence-corrected chi connectivity index (χ2v) is 5.27. The maximum atomic E-state index is 13.7. The molecule has 0 aromatic heterocycles. The van der Waals surface area contributed by atoms with Gasteiger partial charge >= 0.3 is 5.97 Å². The van der Waals surface area contributed by atoms with Gasteiger partial charge < -0.3 is 5.11 Å². The molecule has 1 fully saturated rings. The average molecular weight is 265 g/mol.